The van der Waals surface area contributed by atoms with Crippen molar-refractivity contribution < 1.29 is 14.4 Å². The van der Waals surface area contributed by atoms with Gasteiger partial charge in [-0.3, -0.25) is 9.69 Å². The van der Waals surface area contributed by atoms with Gasteiger partial charge in [0.2, 0.25) is 5.91 Å². The van der Waals surface area contributed by atoms with Crippen molar-refractivity contribution in [3.8, 4) is 0 Å². The van der Waals surface area contributed by atoms with Crippen molar-refractivity contribution in [1.29, 1.82) is 0 Å². The van der Waals surface area contributed by atoms with E-state index in [1.165, 1.54) is 10.5 Å². The highest BCUT2D eigenvalue weighted by molar-refractivity contribution is 7.22. The number of hydrogen-bond acceptors (Lipinski definition) is 4. The van der Waals surface area contributed by atoms with Gasteiger partial charge in [0.05, 0.1) is 36.5 Å². The highest BCUT2D eigenvalue weighted by Gasteiger charge is 2.22. The summed E-state index contributed by atoms with van der Waals surface area (Å²) in [4.78, 5) is 20.7. The summed E-state index contributed by atoms with van der Waals surface area (Å²) in [5, 5.41) is 0.835. The molecule has 1 aliphatic rings. The van der Waals surface area contributed by atoms with E-state index in [1.54, 1.807) is 11.3 Å². The molecule has 0 spiro atoms. The Balaban J connectivity index is 1.78. The van der Waals surface area contributed by atoms with Gasteiger partial charge in [-0.2, -0.15) is 0 Å². The first-order valence-electron chi connectivity index (χ1n) is 8.76. The van der Waals surface area contributed by atoms with Crippen LogP contribution in [0.25, 0.3) is 10.2 Å². The van der Waals surface area contributed by atoms with Gasteiger partial charge in [-0.25, -0.2) is 4.98 Å². The van der Waals surface area contributed by atoms with E-state index in [0.29, 0.717) is 6.42 Å². The second-order valence-electron chi connectivity index (χ2n) is 6.38. The number of carbonyl (C=O) groups is 1. The van der Waals surface area contributed by atoms with Crippen LogP contribution in [0.1, 0.15) is 25.3 Å². The van der Waals surface area contributed by atoms with Crippen molar-refractivity contribution in [3.05, 3.63) is 23.8 Å². The number of benzene rings is 1. The molecule has 0 bridgehead atoms. The third-order valence-corrected chi connectivity index (χ3v) is 5.46. The van der Waals surface area contributed by atoms with Crippen molar-refractivity contribution in [3.63, 3.8) is 0 Å². The Labute approximate surface area is 147 Å². The van der Waals surface area contributed by atoms with Crippen LogP contribution in [0.4, 0.5) is 5.13 Å². The molecule has 3 rings (SSSR count). The molecule has 0 unspecified atom stereocenters. The number of amides is 1. The summed E-state index contributed by atoms with van der Waals surface area (Å²) < 4.78 is 6.57. The zero-order valence-corrected chi connectivity index (χ0v) is 15.3. The van der Waals surface area contributed by atoms with E-state index in [2.05, 4.69) is 19.1 Å². The van der Waals surface area contributed by atoms with Crippen molar-refractivity contribution in [2.45, 2.75) is 26.7 Å². The molecule has 0 radical (unpaired) electrons. The Morgan fingerprint density at radius 3 is 2.92 bits per heavy atom. The van der Waals surface area contributed by atoms with Crippen LogP contribution < -0.4 is 9.80 Å². The van der Waals surface area contributed by atoms with E-state index >= 15 is 0 Å². The number of nitrogens with one attached hydrogen (secondary N) is 1. The van der Waals surface area contributed by atoms with E-state index in [1.807, 2.05) is 17.9 Å². The summed E-state index contributed by atoms with van der Waals surface area (Å²) in [7, 11) is 0. The van der Waals surface area contributed by atoms with E-state index < -0.39 is 0 Å². The maximum absolute atomic E-state index is 12.6. The summed E-state index contributed by atoms with van der Waals surface area (Å²) >= 11 is 1.62. The number of ether oxygens (including phenoxy) is 1. The van der Waals surface area contributed by atoms with Crippen molar-refractivity contribution in [2.75, 3.05) is 44.3 Å². The molecule has 1 N–H and O–H groups in total. The Kier molecular flexibility index (Phi) is 5.81. The predicted octanol–water partition coefficient (Wildman–Crippen LogP) is 1.65. The van der Waals surface area contributed by atoms with E-state index in [-0.39, 0.29) is 5.91 Å². The lowest BCUT2D eigenvalue weighted by Crippen LogP contribution is -3.14. The van der Waals surface area contributed by atoms with Gasteiger partial charge in [-0.1, -0.05) is 24.3 Å². The number of morpholine rings is 1. The van der Waals surface area contributed by atoms with Gasteiger partial charge in [0, 0.05) is 6.42 Å². The normalized spacial score (nSPS) is 15.8. The van der Waals surface area contributed by atoms with Crippen LogP contribution in [0.2, 0.25) is 0 Å². The van der Waals surface area contributed by atoms with Crippen LogP contribution in [0.5, 0.6) is 0 Å². The minimum atomic E-state index is 0.181. The summed E-state index contributed by atoms with van der Waals surface area (Å²) in [5.41, 5.74) is 2.20. The molecule has 1 aliphatic heterocycles. The average Bonchev–Trinajstić information content (AvgIpc) is 2.99. The summed E-state index contributed by atoms with van der Waals surface area (Å²) in [5.74, 6) is 0.181. The Hall–Kier alpha value is -1.50. The highest BCUT2D eigenvalue weighted by Crippen LogP contribution is 2.29. The fourth-order valence-electron chi connectivity index (χ4n) is 2.99. The van der Waals surface area contributed by atoms with Crippen molar-refractivity contribution in [1.82, 2.24) is 4.98 Å². The molecule has 1 aromatic heterocycles. The van der Waals surface area contributed by atoms with E-state index in [9.17, 15) is 4.79 Å². The fourth-order valence-corrected chi connectivity index (χ4v) is 4.10. The Bertz CT molecular complexity index is 695. The number of carbonyl (C=O) groups excluding carboxylic acids is 1. The minimum Gasteiger partial charge on any atom is -0.370 e. The van der Waals surface area contributed by atoms with Gasteiger partial charge in [0.15, 0.2) is 5.13 Å². The Morgan fingerprint density at radius 1 is 1.38 bits per heavy atom. The standard InChI is InChI=1S/C18H25N3O2S/c1-3-4-17(22)21(8-7-20-9-11-23-12-10-20)18-19-15-6-5-14(2)13-16(15)24-18/h5-6,13H,3-4,7-12H2,1-2H3/p+1. The first-order valence-corrected chi connectivity index (χ1v) is 9.58. The zero-order chi connectivity index (χ0) is 16.9. The molecule has 1 saturated heterocycles. The second kappa shape index (κ2) is 8.05. The lowest BCUT2D eigenvalue weighted by Gasteiger charge is -2.26. The topological polar surface area (TPSA) is 46.9 Å². The van der Waals surface area contributed by atoms with Crippen LogP contribution in [-0.4, -0.2) is 50.3 Å². The van der Waals surface area contributed by atoms with Crippen LogP contribution in [0.3, 0.4) is 0 Å². The maximum atomic E-state index is 12.6. The molecular formula is C18H26N3O2S+. The van der Waals surface area contributed by atoms with Gasteiger partial charge < -0.3 is 9.64 Å². The maximum Gasteiger partial charge on any atom is 0.228 e. The lowest BCUT2D eigenvalue weighted by atomic mass is 10.2. The number of nitrogens with zero attached hydrogens (tertiary/aromatic N) is 2. The first kappa shape index (κ1) is 17.3. The largest absolute Gasteiger partial charge is 0.370 e. The highest BCUT2D eigenvalue weighted by atomic mass is 32.1. The van der Waals surface area contributed by atoms with Crippen molar-refractivity contribution in [2.24, 2.45) is 0 Å². The van der Waals surface area contributed by atoms with Crippen LogP contribution in [0, 0.1) is 6.92 Å². The number of aryl methyl sites for hydroxylation is 1. The van der Waals surface area contributed by atoms with Crippen LogP contribution in [0.15, 0.2) is 18.2 Å². The SMILES string of the molecule is CCCC(=O)N(CC[NH+]1CCOCC1)c1nc2ccc(C)cc2s1. The Morgan fingerprint density at radius 2 is 2.17 bits per heavy atom. The number of quaternary nitrogens is 1. The smallest absolute Gasteiger partial charge is 0.228 e. The van der Waals surface area contributed by atoms with Crippen molar-refractivity contribution >= 4 is 32.6 Å². The quantitative estimate of drug-likeness (QED) is 0.864. The molecule has 1 fully saturated rings. The molecule has 130 valence electrons. The predicted molar refractivity (Wildman–Crippen MR) is 98.0 cm³/mol. The molecule has 0 atom stereocenters. The molecule has 5 nitrogen and oxygen atoms in total. The number of fused-ring (bicyclic) bond motifs is 1. The first-order chi connectivity index (χ1) is 11.7. The number of thiazole rings is 1. The summed E-state index contributed by atoms with van der Waals surface area (Å²) in [6.45, 7) is 9.49. The molecule has 6 heteroatoms. The fraction of sp³-hybridized carbons (Fsp3) is 0.556. The monoisotopic (exact) mass is 348 g/mol. The lowest BCUT2D eigenvalue weighted by molar-refractivity contribution is -0.906. The summed E-state index contributed by atoms with van der Waals surface area (Å²) in [6, 6.07) is 6.26. The van der Waals surface area contributed by atoms with Gasteiger partial charge >= 0.3 is 0 Å². The van der Waals surface area contributed by atoms with Gasteiger partial charge in [0.25, 0.3) is 0 Å². The molecule has 2 aromatic rings. The zero-order valence-electron chi connectivity index (χ0n) is 14.5. The third-order valence-electron chi connectivity index (χ3n) is 4.42. The summed E-state index contributed by atoms with van der Waals surface area (Å²) in [6.07, 6.45) is 1.44. The van der Waals surface area contributed by atoms with Gasteiger partial charge in [0.1, 0.15) is 13.1 Å². The average molecular weight is 348 g/mol. The number of hydrogen-bond donors (Lipinski definition) is 1. The minimum absolute atomic E-state index is 0.181. The second-order valence-corrected chi connectivity index (χ2v) is 7.38. The number of rotatable bonds is 6. The molecule has 0 saturated carbocycles. The molecular weight excluding hydrogens is 322 g/mol. The number of anilines is 1. The number of aromatic nitrogens is 1. The molecule has 24 heavy (non-hydrogen) atoms. The molecule has 0 aliphatic carbocycles. The third kappa shape index (κ3) is 4.12. The molecule has 1 aromatic carbocycles. The molecule has 2 heterocycles. The van der Waals surface area contributed by atoms with E-state index in [0.717, 1.165) is 61.2 Å². The van der Waals surface area contributed by atoms with Crippen LogP contribution in [-0.2, 0) is 9.53 Å². The molecule has 1 amide bonds. The van der Waals surface area contributed by atoms with Gasteiger partial charge in [-0.05, 0) is 31.0 Å². The van der Waals surface area contributed by atoms with E-state index in [4.69, 9.17) is 9.72 Å². The van der Waals surface area contributed by atoms with Crippen LogP contribution >= 0.6 is 11.3 Å². The van der Waals surface area contributed by atoms with Gasteiger partial charge in [-0.15, -0.1) is 0 Å².